The van der Waals surface area contributed by atoms with Gasteiger partial charge in [0.15, 0.2) is 0 Å². The van der Waals surface area contributed by atoms with Crippen molar-refractivity contribution in [3.63, 3.8) is 0 Å². The number of benzene rings is 1. The lowest BCUT2D eigenvalue weighted by Crippen LogP contribution is -2.12. The van der Waals surface area contributed by atoms with E-state index in [0.29, 0.717) is 16.2 Å². The van der Waals surface area contributed by atoms with E-state index in [1.807, 2.05) is 0 Å². The number of rotatable bonds is 5. The molecule has 0 heterocycles. The Morgan fingerprint density at radius 1 is 1.26 bits per heavy atom. The maximum atomic E-state index is 5.47. The smallest absolute Gasteiger partial charge is 0.123 e. The summed E-state index contributed by atoms with van der Waals surface area (Å²) in [5.74, 6) is 1.67. The van der Waals surface area contributed by atoms with Gasteiger partial charge in [-0.25, -0.2) is 0 Å². The van der Waals surface area contributed by atoms with Gasteiger partial charge in [-0.05, 0) is 37.2 Å². The second-order valence-corrected chi connectivity index (χ2v) is 7.92. The molecule has 1 nitrogen and oxygen atoms in total. The molecule has 0 spiro atoms. The Bertz CT molecular complexity index is 406. The first-order chi connectivity index (χ1) is 8.73. The Labute approximate surface area is 126 Å². The van der Waals surface area contributed by atoms with Crippen LogP contribution in [0.25, 0.3) is 0 Å². The van der Waals surface area contributed by atoms with E-state index < -0.39 is 0 Å². The molecule has 0 saturated heterocycles. The van der Waals surface area contributed by atoms with Crippen LogP contribution in [-0.4, -0.2) is 7.11 Å². The second kappa shape index (κ2) is 6.78. The van der Waals surface area contributed by atoms with Gasteiger partial charge in [0.25, 0.3) is 0 Å². The first-order valence-electron chi connectivity index (χ1n) is 7.01. The van der Waals surface area contributed by atoms with E-state index in [-0.39, 0.29) is 0 Å². The predicted molar refractivity (Wildman–Crippen MR) is 87.3 cm³/mol. The van der Waals surface area contributed by atoms with Crippen LogP contribution in [0.5, 0.6) is 5.75 Å². The normalized spacial score (nSPS) is 15.1. The van der Waals surface area contributed by atoms with Crippen LogP contribution in [0.15, 0.2) is 18.2 Å². The van der Waals surface area contributed by atoms with E-state index in [4.69, 9.17) is 4.74 Å². The third kappa shape index (κ3) is 5.56. The average Bonchev–Trinajstić information content (AvgIpc) is 2.26. The molecule has 1 aromatic carbocycles. The molecule has 0 aromatic heterocycles. The minimum absolute atomic E-state index is 0.361. The molecule has 0 aliphatic carbocycles. The number of alkyl halides is 1. The standard InChI is InChI=1S/C17H27BrO/c1-12-7-8-16(19-6)14(9-12)15(18)10-13(2)11-17(3,4)5/h7-9,13,15H,10-11H2,1-6H3. The first-order valence-corrected chi connectivity index (χ1v) is 7.93. The van der Waals surface area contributed by atoms with Gasteiger partial charge >= 0.3 is 0 Å². The van der Waals surface area contributed by atoms with Crippen molar-refractivity contribution in [2.75, 3.05) is 7.11 Å². The van der Waals surface area contributed by atoms with Gasteiger partial charge in [-0.15, -0.1) is 0 Å². The Morgan fingerprint density at radius 3 is 2.42 bits per heavy atom. The van der Waals surface area contributed by atoms with E-state index >= 15 is 0 Å². The van der Waals surface area contributed by atoms with E-state index in [1.54, 1.807) is 7.11 Å². The number of halogens is 1. The average molecular weight is 327 g/mol. The molecule has 19 heavy (non-hydrogen) atoms. The molecule has 1 aromatic rings. The van der Waals surface area contributed by atoms with Crippen molar-refractivity contribution in [2.24, 2.45) is 11.3 Å². The van der Waals surface area contributed by atoms with Crippen molar-refractivity contribution in [1.82, 2.24) is 0 Å². The maximum absolute atomic E-state index is 5.47. The number of hydrogen-bond acceptors (Lipinski definition) is 1. The first kappa shape index (κ1) is 16.6. The second-order valence-electron chi connectivity index (χ2n) is 6.82. The molecule has 0 radical (unpaired) electrons. The van der Waals surface area contributed by atoms with Crippen molar-refractivity contribution in [3.05, 3.63) is 29.3 Å². The van der Waals surface area contributed by atoms with Gasteiger partial charge in [0.1, 0.15) is 5.75 Å². The van der Waals surface area contributed by atoms with Gasteiger partial charge in [-0.1, -0.05) is 61.3 Å². The third-order valence-electron chi connectivity index (χ3n) is 3.29. The van der Waals surface area contributed by atoms with Crippen LogP contribution in [0.1, 0.15) is 56.5 Å². The van der Waals surface area contributed by atoms with Crippen LogP contribution in [0.2, 0.25) is 0 Å². The minimum Gasteiger partial charge on any atom is -0.496 e. The summed E-state index contributed by atoms with van der Waals surface area (Å²) >= 11 is 3.84. The fourth-order valence-corrected chi connectivity index (χ4v) is 3.70. The molecule has 0 aliphatic heterocycles. The van der Waals surface area contributed by atoms with Crippen molar-refractivity contribution in [2.45, 2.75) is 52.3 Å². The number of hydrogen-bond donors (Lipinski definition) is 0. The minimum atomic E-state index is 0.361. The van der Waals surface area contributed by atoms with Gasteiger partial charge in [0.05, 0.1) is 7.11 Å². The van der Waals surface area contributed by atoms with Crippen LogP contribution < -0.4 is 4.74 Å². The molecule has 0 N–H and O–H groups in total. The molecule has 0 bridgehead atoms. The zero-order valence-corrected chi connectivity index (χ0v) is 14.7. The van der Waals surface area contributed by atoms with Crippen LogP contribution in [0, 0.1) is 18.3 Å². The molecule has 0 aliphatic rings. The van der Waals surface area contributed by atoms with Gasteiger partial charge in [0, 0.05) is 10.4 Å². The van der Waals surface area contributed by atoms with Gasteiger partial charge in [-0.3, -0.25) is 0 Å². The lowest BCUT2D eigenvalue weighted by molar-refractivity contribution is 0.296. The molecule has 2 unspecified atom stereocenters. The summed E-state index contributed by atoms with van der Waals surface area (Å²) in [7, 11) is 1.74. The summed E-state index contributed by atoms with van der Waals surface area (Å²) in [6, 6.07) is 6.38. The molecule has 2 heteroatoms. The zero-order chi connectivity index (χ0) is 14.6. The summed E-state index contributed by atoms with van der Waals surface area (Å²) in [4.78, 5) is 0.361. The van der Waals surface area contributed by atoms with Crippen molar-refractivity contribution in [1.29, 1.82) is 0 Å². The molecule has 2 atom stereocenters. The maximum Gasteiger partial charge on any atom is 0.123 e. The van der Waals surface area contributed by atoms with E-state index in [2.05, 4.69) is 68.7 Å². The fourth-order valence-electron chi connectivity index (χ4n) is 2.71. The SMILES string of the molecule is COc1ccc(C)cc1C(Br)CC(C)CC(C)(C)C. The van der Waals surface area contributed by atoms with Crippen LogP contribution in [0.3, 0.4) is 0 Å². The Morgan fingerprint density at radius 2 is 1.89 bits per heavy atom. The van der Waals surface area contributed by atoms with Gasteiger partial charge < -0.3 is 4.74 Å². The number of methoxy groups -OCH3 is 1. The molecular formula is C17H27BrO. The Kier molecular flexibility index (Phi) is 5.91. The van der Waals surface area contributed by atoms with Crippen molar-refractivity contribution >= 4 is 15.9 Å². The molecule has 108 valence electrons. The molecule has 0 saturated carbocycles. The highest BCUT2D eigenvalue weighted by Crippen LogP contribution is 2.38. The fraction of sp³-hybridized carbons (Fsp3) is 0.647. The van der Waals surface area contributed by atoms with E-state index in [9.17, 15) is 0 Å². The molecule has 0 fully saturated rings. The van der Waals surface area contributed by atoms with Crippen LogP contribution in [0.4, 0.5) is 0 Å². The molecule has 1 rings (SSSR count). The van der Waals surface area contributed by atoms with Crippen molar-refractivity contribution in [3.8, 4) is 5.75 Å². The zero-order valence-electron chi connectivity index (χ0n) is 13.1. The van der Waals surface area contributed by atoms with E-state index in [0.717, 1.165) is 12.2 Å². The highest BCUT2D eigenvalue weighted by Gasteiger charge is 2.20. The lowest BCUT2D eigenvalue weighted by atomic mass is 9.83. The quantitative estimate of drug-likeness (QED) is 0.612. The topological polar surface area (TPSA) is 9.23 Å². The Balaban J connectivity index is 2.77. The number of aryl methyl sites for hydroxylation is 1. The van der Waals surface area contributed by atoms with Gasteiger partial charge in [0.2, 0.25) is 0 Å². The highest BCUT2D eigenvalue weighted by atomic mass is 79.9. The number of ether oxygens (including phenoxy) is 1. The Hall–Kier alpha value is -0.500. The summed E-state index contributed by atoms with van der Waals surface area (Å²) in [6.45, 7) is 11.4. The summed E-state index contributed by atoms with van der Waals surface area (Å²) in [5.41, 5.74) is 2.94. The molecule has 0 amide bonds. The van der Waals surface area contributed by atoms with Crippen molar-refractivity contribution < 1.29 is 4.74 Å². The van der Waals surface area contributed by atoms with Crippen LogP contribution >= 0.6 is 15.9 Å². The summed E-state index contributed by atoms with van der Waals surface area (Å²) < 4.78 is 5.47. The van der Waals surface area contributed by atoms with Crippen LogP contribution in [-0.2, 0) is 0 Å². The molecular weight excluding hydrogens is 300 g/mol. The van der Waals surface area contributed by atoms with E-state index in [1.165, 1.54) is 17.5 Å². The predicted octanol–water partition coefficient (Wildman–Crippen LogP) is 5.90. The van der Waals surface area contributed by atoms with Gasteiger partial charge in [-0.2, -0.15) is 0 Å². The summed E-state index contributed by atoms with van der Waals surface area (Å²) in [6.07, 6.45) is 2.38. The highest BCUT2D eigenvalue weighted by molar-refractivity contribution is 9.09. The third-order valence-corrected chi connectivity index (χ3v) is 4.16. The summed E-state index contributed by atoms with van der Waals surface area (Å²) in [5, 5.41) is 0. The lowest BCUT2D eigenvalue weighted by Gasteiger charge is -2.25. The largest absolute Gasteiger partial charge is 0.496 e. The monoisotopic (exact) mass is 326 g/mol.